The van der Waals surface area contributed by atoms with Crippen LogP contribution in [-0.2, 0) is 14.6 Å². The summed E-state index contributed by atoms with van der Waals surface area (Å²) >= 11 is 1.20. The van der Waals surface area contributed by atoms with E-state index in [1.54, 1.807) is 0 Å². The van der Waals surface area contributed by atoms with Gasteiger partial charge in [-0.25, -0.2) is 8.42 Å². The Bertz CT molecular complexity index is 304. The molecule has 1 aliphatic heterocycles. The number of thioether (sulfide) groups is 1. The number of nitrogens with one attached hydrogen (secondary N) is 1. The Hall–Kier alpha value is -0.490. The van der Waals surface area contributed by atoms with E-state index in [1.165, 1.54) is 11.8 Å². The van der Waals surface area contributed by atoms with Gasteiger partial charge in [0.25, 0.3) is 0 Å². The summed E-state index contributed by atoms with van der Waals surface area (Å²) in [5.74, 6) is 0.159. The monoisotopic (exact) mass is 193 g/mol. The molecule has 0 atom stereocenters. The average molecular weight is 193 g/mol. The second-order valence-electron chi connectivity index (χ2n) is 2.15. The summed E-state index contributed by atoms with van der Waals surface area (Å²) in [6.45, 7) is 0. The van der Waals surface area contributed by atoms with E-state index in [0.717, 1.165) is 11.7 Å². The van der Waals surface area contributed by atoms with Gasteiger partial charge in [0, 0.05) is 6.26 Å². The Morgan fingerprint density at radius 1 is 1.64 bits per heavy atom. The van der Waals surface area contributed by atoms with Crippen LogP contribution in [0.3, 0.4) is 0 Å². The lowest BCUT2D eigenvalue weighted by Crippen LogP contribution is -2.14. The third-order valence-corrected chi connectivity index (χ3v) is 2.69. The Morgan fingerprint density at radius 2 is 2.27 bits per heavy atom. The second-order valence-corrected chi connectivity index (χ2v) is 5.06. The highest BCUT2D eigenvalue weighted by Crippen LogP contribution is 2.19. The van der Waals surface area contributed by atoms with E-state index in [1.807, 2.05) is 0 Å². The van der Waals surface area contributed by atoms with E-state index in [-0.39, 0.29) is 5.91 Å². The topological polar surface area (TPSA) is 63.2 Å². The molecule has 1 rings (SSSR count). The van der Waals surface area contributed by atoms with E-state index < -0.39 is 9.84 Å². The summed E-state index contributed by atoms with van der Waals surface area (Å²) in [7, 11) is -3.13. The van der Waals surface area contributed by atoms with Crippen molar-refractivity contribution >= 4 is 27.5 Å². The van der Waals surface area contributed by atoms with Gasteiger partial charge in [0.2, 0.25) is 5.91 Å². The predicted molar refractivity (Wildman–Crippen MR) is 43.5 cm³/mol. The van der Waals surface area contributed by atoms with Crippen LogP contribution in [0.1, 0.15) is 0 Å². The molecule has 6 heteroatoms. The van der Waals surface area contributed by atoms with Crippen LogP contribution < -0.4 is 5.32 Å². The molecule has 0 unspecified atom stereocenters. The number of hydrogen-bond acceptors (Lipinski definition) is 4. The molecular weight excluding hydrogens is 186 g/mol. The molecular formula is C5H7NO3S2. The van der Waals surface area contributed by atoms with Crippen LogP contribution >= 0.6 is 11.8 Å². The maximum atomic E-state index is 10.7. The quantitative estimate of drug-likeness (QED) is 0.620. The first-order valence-electron chi connectivity index (χ1n) is 2.82. The Labute approximate surface area is 69.0 Å². The van der Waals surface area contributed by atoms with Gasteiger partial charge < -0.3 is 5.32 Å². The molecule has 0 aliphatic carbocycles. The zero-order valence-corrected chi connectivity index (χ0v) is 7.46. The number of hydrogen-bond donors (Lipinski definition) is 1. The van der Waals surface area contributed by atoms with Gasteiger partial charge in [-0.05, 0) is 0 Å². The van der Waals surface area contributed by atoms with Crippen LogP contribution in [0, 0.1) is 0 Å². The van der Waals surface area contributed by atoms with Crippen LogP contribution in [0.15, 0.2) is 10.4 Å². The van der Waals surface area contributed by atoms with Gasteiger partial charge in [-0.3, -0.25) is 4.79 Å². The molecule has 1 heterocycles. The van der Waals surface area contributed by atoms with Crippen LogP contribution in [0.25, 0.3) is 0 Å². The zero-order valence-electron chi connectivity index (χ0n) is 5.83. The molecule has 4 nitrogen and oxygen atoms in total. The highest BCUT2D eigenvalue weighted by molar-refractivity contribution is 8.05. The van der Waals surface area contributed by atoms with Crippen molar-refractivity contribution < 1.29 is 13.2 Å². The third-order valence-electron chi connectivity index (χ3n) is 0.942. The molecule has 0 spiro atoms. The van der Waals surface area contributed by atoms with Crippen molar-refractivity contribution in [3.05, 3.63) is 10.4 Å². The maximum Gasteiger partial charge on any atom is 0.235 e. The maximum absolute atomic E-state index is 10.7. The number of amides is 1. The predicted octanol–water partition coefficient (Wildman–Crippen LogP) is -0.307. The number of sulfone groups is 1. The highest BCUT2D eigenvalue weighted by Gasteiger charge is 2.16. The lowest BCUT2D eigenvalue weighted by Gasteiger charge is -1.92. The Balaban J connectivity index is 2.78. The molecule has 1 fully saturated rings. The minimum absolute atomic E-state index is 0.148. The van der Waals surface area contributed by atoms with Crippen LogP contribution in [0.5, 0.6) is 0 Å². The van der Waals surface area contributed by atoms with Gasteiger partial charge >= 0.3 is 0 Å². The lowest BCUT2D eigenvalue weighted by atomic mass is 10.7. The van der Waals surface area contributed by atoms with Gasteiger partial charge in [-0.15, -0.1) is 0 Å². The van der Waals surface area contributed by atoms with E-state index in [2.05, 4.69) is 5.32 Å². The molecule has 1 saturated heterocycles. The van der Waals surface area contributed by atoms with Crippen LogP contribution in [0.4, 0.5) is 0 Å². The van der Waals surface area contributed by atoms with Crippen molar-refractivity contribution in [3.63, 3.8) is 0 Å². The normalized spacial score (nSPS) is 22.3. The SMILES string of the molecule is CS(=O)(=O)/C=C1\NC(=O)CS1. The molecule has 62 valence electrons. The summed E-state index contributed by atoms with van der Waals surface area (Å²) in [5.41, 5.74) is 0. The van der Waals surface area contributed by atoms with E-state index in [4.69, 9.17) is 0 Å². The third kappa shape index (κ3) is 2.94. The molecule has 1 N–H and O–H groups in total. The summed E-state index contributed by atoms with van der Waals surface area (Å²) in [5, 5.41) is 3.89. The molecule has 0 bridgehead atoms. The van der Waals surface area contributed by atoms with Crippen molar-refractivity contribution in [3.8, 4) is 0 Å². The summed E-state index contributed by atoms with van der Waals surface area (Å²) in [6.07, 6.45) is 1.09. The van der Waals surface area contributed by atoms with Crippen molar-refractivity contribution in [1.82, 2.24) is 5.32 Å². The molecule has 1 amide bonds. The van der Waals surface area contributed by atoms with E-state index in [0.29, 0.717) is 10.8 Å². The van der Waals surface area contributed by atoms with Crippen molar-refractivity contribution in [2.24, 2.45) is 0 Å². The fourth-order valence-corrected chi connectivity index (χ4v) is 2.40. The molecule has 0 aromatic heterocycles. The summed E-state index contributed by atoms with van der Waals surface area (Å²) < 4.78 is 21.3. The fraction of sp³-hybridized carbons (Fsp3) is 0.400. The largest absolute Gasteiger partial charge is 0.319 e. The first-order valence-corrected chi connectivity index (χ1v) is 5.76. The standard InChI is InChI=1S/C5H7NO3S2/c1-11(8,9)3-5-6-4(7)2-10-5/h3H,2H2,1H3,(H,6,7)/b5-3+. The van der Waals surface area contributed by atoms with Crippen LogP contribution in [-0.4, -0.2) is 26.3 Å². The minimum atomic E-state index is -3.13. The van der Waals surface area contributed by atoms with E-state index in [9.17, 15) is 13.2 Å². The van der Waals surface area contributed by atoms with Gasteiger partial charge in [0.05, 0.1) is 16.2 Å². The Kier molecular flexibility index (Phi) is 2.24. The smallest absolute Gasteiger partial charge is 0.235 e. The van der Waals surface area contributed by atoms with Crippen molar-refractivity contribution in [2.45, 2.75) is 0 Å². The first kappa shape index (κ1) is 8.61. The van der Waals surface area contributed by atoms with Gasteiger partial charge in [-0.2, -0.15) is 0 Å². The van der Waals surface area contributed by atoms with Crippen molar-refractivity contribution in [2.75, 3.05) is 12.0 Å². The number of carbonyl (C=O) groups excluding carboxylic acids is 1. The number of carbonyl (C=O) groups is 1. The molecule has 0 aromatic rings. The van der Waals surface area contributed by atoms with E-state index >= 15 is 0 Å². The lowest BCUT2D eigenvalue weighted by molar-refractivity contribution is -0.117. The van der Waals surface area contributed by atoms with Gasteiger partial charge in [0.15, 0.2) is 9.84 Å². The minimum Gasteiger partial charge on any atom is -0.319 e. The highest BCUT2D eigenvalue weighted by atomic mass is 32.2. The molecule has 0 radical (unpaired) electrons. The van der Waals surface area contributed by atoms with Gasteiger partial charge in [-0.1, -0.05) is 11.8 Å². The first-order chi connectivity index (χ1) is 4.97. The van der Waals surface area contributed by atoms with Crippen molar-refractivity contribution in [1.29, 1.82) is 0 Å². The molecule has 1 aliphatic rings. The molecule has 0 aromatic carbocycles. The van der Waals surface area contributed by atoms with Crippen LogP contribution in [0.2, 0.25) is 0 Å². The molecule has 11 heavy (non-hydrogen) atoms. The van der Waals surface area contributed by atoms with Gasteiger partial charge in [0.1, 0.15) is 0 Å². The average Bonchev–Trinajstić information content (AvgIpc) is 2.10. The zero-order chi connectivity index (χ0) is 8.48. The molecule has 0 saturated carbocycles. The fourth-order valence-electron chi connectivity index (χ4n) is 0.611. The Morgan fingerprint density at radius 3 is 2.64 bits per heavy atom. The number of rotatable bonds is 1. The second kappa shape index (κ2) is 2.86. The summed E-state index contributed by atoms with van der Waals surface area (Å²) in [6, 6.07) is 0. The summed E-state index contributed by atoms with van der Waals surface area (Å²) in [4.78, 5) is 10.6.